The molecule has 1 fully saturated rings. The summed E-state index contributed by atoms with van der Waals surface area (Å²) < 4.78 is 0. The first-order valence-corrected chi connectivity index (χ1v) is 7.52. The molecule has 1 aliphatic rings. The van der Waals surface area contributed by atoms with Gasteiger partial charge in [0.1, 0.15) is 0 Å². The van der Waals surface area contributed by atoms with Crippen LogP contribution in [-0.4, -0.2) is 17.1 Å². The number of carbonyl (C=O) groups excluding carboxylic acids is 1. The number of carbonyl (C=O) groups is 1. The predicted octanol–water partition coefficient (Wildman–Crippen LogP) is 3.14. The second-order valence-electron chi connectivity index (χ2n) is 4.97. The van der Waals surface area contributed by atoms with Gasteiger partial charge in [0.15, 0.2) is 0 Å². The maximum absolute atomic E-state index is 11.9. The van der Waals surface area contributed by atoms with Gasteiger partial charge >= 0.3 is 6.03 Å². The largest absolute Gasteiger partial charge is 0.335 e. The number of rotatable bonds is 3. The maximum Gasteiger partial charge on any atom is 0.315 e. The van der Waals surface area contributed by atoms with Gasteiger partial charge < -0.3 is 10.6 Å². The van der Waals surface area contributed by atoms with Crippen LogP contribution in [0.15, 0.2) is 5.38 Å². The zero-order chi connectivity index (χ0) is 13.0. The Morgan fingerprint density at radius 1 is 1.44 bits per heavy atom. The number of urea groups is 1. The van der Waals surface area contributed by atoms with Crippen LogP contribution >= 0.6 is 11.3 Å². The summed E-state index contributed by atoms with van der Waals surface area (Å²) in [5, 5.41) is 9.04. The summed E-state index contributed by atoms with van der Waals surface area (Å²) in [5.41, 5.74) is 0.941. The van der Waals surface area contributed by atoms with Crippen LogP contribution in [0, 0.1) is 6.92 Å². The van der Waals surface area contributed by atoms with E-state index in [2.05, 4.69) is 15.6 Å². The van der Waals surface area contributed by atoms with Crippen LogP contribution in [0.2, 0.25) is 0 Å². The minimum Gasteiger partial charge on any atom is -0.335 e. The van der Waals surface area contributed by atoms with Crippen molar-refractivity contribution in [2.24, 2.45) is 0 Å². The molecule has 1 unspecified atom stereocenters. The van der Waals surface area contributed by atoms with Crippen LogP contribution < -0.4 is 10.6 Å². The van der Waals surface area contributed by atoms with E-state index in [9.17, 15) is 4.79 Å². The van der Waals surface area contributed by atoms with Crippen molar-refractivity contribution >= 4 is 17.4 Å². The lowest BCUT2D eigenvalue weighted by molar-refractivity contribution is 0.229. The molecule has 0 aromatic carbocycles. The molecule has 1 heterocycles. The molecule has 1 saturated carbocycles. The monoisotopic (exact) mass is 267 g/mol. The Bertz CT molecular complexity index is 399. The van der Waals surface area contributed by atoms with Crippen LogP contribution in [0.4, 0.5) is 4.79 Å². The Labute approximate surface area is 112 Å². The molecule has 1 aliphatic carbocycles. The molecule has 1 aromatic heterocycles. The van der Waals surface area contributed by atoms with Crippen molar-refractivity contribution in [1.82, 2.24) is 15.6 Å². The van der Waals surface area contributed by atoms with Gasteiger partial charge in [-0.1, -0.05) is 19.3 Å². The number of aromatic nitrogens is 1. The zero-order valence-electron chi connectivity index (χ0n) is 11.0. The van der Waals surface area contributed by atoms with Crippen molar-refractivity contribution in [3.8, 4) is 0 Å². The van der Waals surface area contributed by atoms with Crippen molar-refractivity contribution in [3.05, 3.63) is 16.1 Å². The van der Waals surface area contributed by atoms with E-state index < -0.39 is 0 Å². The first-order valence-electron chi connectivity index (χ1n) is 6.64. The molecule has 100 valence electrons. The smallest absolute Gasteiger partial charge is 0.315 e. The third-order valence-corrected chi connectivity index (χ3v) is 4.16. The van der Waals surface area contributed by atoms with E-state index >= 15 is 0 Å². The highest BCUT2D eigenvalue weighted by molar-refractivity contribution is 7.09. The fourth-order valence-electron chi connectivity index (χ4n) is 2.32. The standard InChI is InChI=1S/C13H21N3OS/c1-9(12-8-18-10(2)15-12)14-13(17)16-11-6-4-3-5-7-11/h8-9,11H,3-7H2,1-2H3,(H2,14,16,17). The molecule has 5 heteroatoms. The molecule has 2 rings (SSSR count). The number of nitrogens with zero attached hydrogens (tertiary/aromatic N) is 1. The Balaban J connectivity index is 1.79. The molecule has 0 bridgehead atoms. The quantitative estimate of drug-likeness (QED) is 0.884. The van der Waals surface area contributed by atoms with Crippen molar-refractivity contribution in [2.75, 3.05) is 0 Å². The van der Waals surface area contributed by atoms with Crippen LogP contribution in [0.25, 0.3) is 0 Å². The molecule has 18 heavy (non-hydrogen) atoms. The van der Waals surface area contributed by atoms with E-state index in [1.165, 1.54) is 19.3 Å². The number of nitrogens with one attached hydrogen (secondary N) is 2. The lowest BCUT2D eigenvalue weighted by Gasteiger charge is -2.23. The minimum absolute atomic E-state index is 0.0291. The second kappa shape index (κ2) is 6.18. The molecule has 0 radical (unpaired) electrons. The van der Waals surface area contributed by atoms with E-state index in [1.54, 1.807) is 11.3 Å². The van der Waals surface area contributed by atoms with Gasteiger partial charge in [0.25, 0.3) is 0 Å². The summed E-state index contributed by atoms with van der Waals surface area (Å²) in [6.07, 6.45) is 5.97. The van der Waals surface area contributed by atoms with Crippen LogP contribution in [0.1, 0.15) is 55.8 Å². The minimum atomic E-state index is -0.0694. The van der Waals surface area contributed by atoms with E-state index in [1.807, 2.05) is 19.2 Å². The summed E-state index contributed by atoms with van der Waals surface area (Å²) in [7, 11) is 0. The number of aryl methyl sites for hydroxylation is 1. The third kappa shape index (κ3) is 3.70. The second-order valence-corrected chi connectivity index (χ2v) is 6.03. The Hall–Kier alpha value is -1.10. The van der Waals surface area contributed by atoms with Gasteiger partial charge in [-0.15, -0.1) is 11.3 Å². The number of thiazole rings is 1. The van der Waals surface area contributed by atoms with Gasteiger partial charge in [0.2, 0.25) is 0 Å². The molecule has 1 aromatic rings. The Kier molecular flexibility index (Phi) is 4.58. The van der Waals surface area contributed by atoms with Crippen molar-refractivity contribution in [2.45, 2.75) is 58.0 Å². The summed E-state index contributed by atoms with van der Waals surface area (Å²) in [6, 6.07) is 0.252. The highest BCUT2D eigenvalue weighted by atomic mass is 32.1. The number of hydrogen-bond donors (Lipinski definition) is 2. The molecule has 4 nitrogen and oxygen atoms in total. The summed E-state index contributed by atoms with van der Waals surface area (Å²) >= 11 is 1.61. The lowest BCUT2D eigenvalue weighted by atomic mass is 9.96. The highest BCUT2D eigenvalue weighted by Gasteiger charge is 2.17. The maximum atomic E-state index is 11.9. The van der Waals surface area contributed by atoms with Crippen LogP contribution in [0.5, 0.6) is 0 Å². The zero-order valence-corrected chi connectivity index (χ0v) is 11.8. The van der Waals surface area contributed by atoms with E-state index in [-0.39, 0.29) is 12.1 Å². The molecular formula is C13H21N3OS. The van der Waals surface area contributed by atoms with E-state index in [4.69, 9.17) is 0 Å². The average molecular weight is 267 g/mol. The summed E-state index contributed by atoms with van der Waals surface area (Å²) in [5.74, 6) is 0. The lowest BCUT2D eigenvalue weighted by Crippen LogP contribution is -2.43. The molecule has 2 amide bonds. The van der Waals surface area contributed by atoms with Crippen molar-refractivity contribution in [1.29, 1.82) is 0 Å². The summed E-state index contributed by atoms with van der Waals surface area (Å²) in [6.45, 7) is 3.94. The van der Waals surface area contributed by atoms with E-state index in [0.29, 0.717) is 6.04 Å². The van der Waals surface area contributed by atoms with E-state index in [0.717, 1.165) is 23.5 Å². The fourth-order valence-corrected chi connectivity index (χ4v) is 3.03. The first-order chi connectivity index (χ1) is 8.65. The highest BCUT2D eigenvalue weighted by Crippen LogP contribution is 2.18. The molecule has 0 aliphatic heterocycles. The third-order valence-electron chi connectivity index (χ3n) is 3.37. The average Bonchev–Trinajstić information content (AvgIpc) is 2.77. The molecule has 0 spiro atoms. The van der Waals surface area contributed by atoms with Gasteiger partial charge in [-0.3, -0.25) is 0 Å². The number of hydrogen-bond acceptors (Lipinski definition) is 3. The molecule has 1 atom stereocenters. The summed E-state index contributed by atoms with van der Waals surface area (Å²) in [4.78, 5) is 16.2. The van der Waals surface area contributed by atoms with Gasteiger partial charge in [-0.25, -0.2) is 9.78 Å². The van der Waals surface area contributed by atoms with Gasteiger partial charge in [0, 0.05) is 11.4 Å². The van der Waals surface area contributed by atoms with Crippen LogP contribution in [0.3, 0.4) is 0 Å². The fraction of sp³-hybridized carbons (Fsp3) is 0.692. The van der Waals surface area contributed by atoms with Crippen LogP contribution in [-0.2, 0) is 0 Å². The number of amides is 2. The normalized spacial score (nSPS) is 18.3. The topological polar surface area (TPSA) is 54.0 Å². The van der Waals surface area contributed by atoms with Crippen molar-refractivity contribution in [3.63, 3.8) is 0 Å². The van der Waals surface area contributed by atoms with Gasteiger partial charge in [-0.05, 0) is 26.7 Å². The SMILES string of the molecule is Cc1nc(C(C)NC(=O)NC2CCCCC2)cs1. The predicted molar refractivity (Wildman–Crippen MR) is 73.8 cm³/mol. The van der Waals surface area contributed by atoms with Crippen molar-refractivity contribution < 1.29 is 4.79 Å². The molecule has 0 saturated heterocycles. The molecular weight excluding hydrogens is 246 g/mol. The Morgan fingerprint density at radius 3 is 2.78 bits per heavy atom. The Morgan fingerprint density at radius 2 is 2.17 bits per heavy atom. The van der Waals surface area contributed by atoms with Gasteiger partial charge in [-0.2, -0.15) is 0 Å². The van der Waals surface area contributed by atoms with Gasteiger partial charge in [0.05, 0.1) is 16.7 Å². The molecule has 2 N–H and O–H groups in total. The first kappa shape index (κ1) is 13.3.